The monoisotopic (exact) mass is 491 g/mol. The smallest absolute Gasteiger partial charge is 0.224 e. The minimum absolute atomic E-state index is 0.0451. The molecule has 0 bridgehead atoms. The molecule has 35 heavy (non-hydrogen) atoms. The first-order valence-corrected chi connectivity index (χ1v) is 13.7. The number of carbonyl (C=O) groups is 1. The van der Waals surface area contributed by atoms with E-state index in [0.717, 1.165) is 22.4 Å². The van der Waals surface area contributed by atoms with E-state index in [1.807, 2.05) is 48.5 Å². The normalized spacial score (nSPS) is 14.6. The van der Waals surface area contributed by atoms with Crippen molar-refractivity contribution < 1.29 is 13.2 Å². The minimum atomic E-state index is -3.33. The van der Waals surface area contributed by atoms with E-state index >= 15 is 0 Å². The fourth-order valence-electron chi connectivity index (χ4n) is 4.35. The van der Waals surface area contributed by atoms with Gasteiger partial charge in [-0.2, -0.15) is 4.31 Å². The lowest BCUT2D eigenvalue weighted by molar-refractivity contribution is -0.120. The summed E-state index contributed by atoms with van der Waals surface area (Å²) < 4.78 is 27.1. The number of rotatable bonds is 9. The van der Waals surface area contributed by atoms with Crippen LogP contribution in [0.1, 0.15) is 17.5 Å². The van der Waals surface area contributed by atoms with Crippen LogP contribution >= 0.6 is 0 Å². The summed E-state index contributed by atoms with van der Waals surface area (Å²) in [6, 6.07) is 26.3. The lowest BCUT2D eigenvalue weighted by atomic mass is 10.0. The molecule has 1 saturated heterocycles. The van der Waals surface area contributed by atoms with Crippen molar-refractivity contribution in [2.24, 2.45) is 0 Å². The van der Waals surface area contributed by atoms with E-state index in [4.69, 9.17) is 0 Å². The number of nitrogens with zero attached hydrogens (tertiary/aromatic N) is 2. The predicted molar refractivity (Wildman–Crippen MR) is 142 cm³/mol. The van der Waals surface area contributed by atoms with Gasteiger partial charge in [0, 0.05) is 38.4 Å². The lowest BCUT2D eigenvalue weighted by Crippen LogP contribution is -2.49. The van der Waals surface area contributed by atoms with E-state index in [-0.39, 0.29) is 18.1 Å². The number of aryl methyl sites for hydroxylation is 1. The van der Waals surface area contributed by atoms with Gasteiger partial charge in [-0.15, -0.1) is 0 Å². The van der Waals surface area contributed by atoms with E-state index in [2.05, 4.69) is 47.5 Å². The number of anilines is 1. The van der Waals surface area contributed by atoms with Crippen LogP contribution in [-0.4, -0.2) is 57.1 Å². The number of sulfonamides is 1. The number of hydrogen-bond donors (Lipinski definition) is 1. The number of carbonyl (C=O) groups excluding carboxylic acids is 1. The van der Waals surface area contributed by atoms with E-state index in [9.17, 15) is 13.2 Å². The Morgan fingerprint density at radius 2 is 1.54 bits per heavy atom. The highest BCUT2D eigenvalue weighted by Gasteiger charge is 2.26. The first-order chi connectivity index (χ1) is 16.9. The Morgan fingerprint density at radius 1 is 0.857 bits per heavy atom. The summed E-state index contributed by atoms with van der Waals surface area (Å²) in [6.07, 6.45) is 0.682. The van der Waals surface area contributed by atoms with Crippen molar-refractivity contribution in [3.05, 3.63) is 90.0 Å². The van der Waals surface area contributed by atoms with Crippen LogP contribution in [0.2, 0.25) is 0 Å². The summed E-state index contributed by atoms with van der Waals surface area (Å²) >= 11 is 0. The molecular formula is C28H33N3O3S. The Morgan fingerprint density at radius 3 is 2.23 bits per heavy atom. The van der Waals surface area contributed by atoms with Crippen molar-refractivity contribution in [3.63, 3.8) is 0 Å². The Balaban J connectivity index is 1.17. The number of benzene rings is 3. The third-order valence-corrected chi connectivity index (χ3v) is 8.28. The van der Waals surface area contributed by atoms with Crippen molar-refractivity contribution in [2.45, 2.75) is 19.8 Å². The molecule has 0 aromatic heterocycles. The van der Waals surface area contributed by atoms with Gasteiger partial charge in [0.2, 0.25) is 15.9 Å². The zero-order chi connectivity index (χ0) is 24.7. The molecule has 1 amide bonds. The molecule has 0 spiro atoms. The van der Waals surface area contributed by atoms with Crippen LogP contribution in [0.15, 0.2) is 78.9 Å². The van der Waals surface area contributed by atoms with Gasteiger partial charge in [0.15, 0.2) is 0 Å². The molecule has 1 fully saturated rings. The predicted octanol–water partition coefficient (Wildman–Crippen LogP) is 3.86. The highest BCUT2D eigenvalue weighted by Crippen LogP contribution is 2.20. The average Bonchev–Trinajstić information content (AvgIpc) is 2.88. The van der Waals surface area contributed by atoms with E-state index in [0.29, 0.717) is 39.1 Å². The van der Waals surface area contributed by atoms with E-state index in [1.165, 1.54) is 5.56 Å². The Labute approximate surface area is 208 Å². The van der Waals surface area contributed by atoms with Gasteiger partial charge in [-0.3, -0.25) is 4.79 Å². The van der Waals surface area contributed by atoms with Crippen LogP contribution in [0.4, 0.5) is 5.69 Å². The fourth-order valence-corrected chi connectivity index (χ4v) is 5.84. The molecule has 4 rings (SSSR count). The summed E-state index contributed by atoms with van der Waals surface area (Å²) in [6.45, 7) is 4.75. The van der Waals surface area contributed by atoms with Gasteiger partial charge in [-0.1, -0.05) is 66.7 Å². The van der Waals surface area contributed by atoms with Crippen LogP contribution in [0.3, 0.4) is 0 Å². The molecule has 0 aliphatic carbocycles. The topological polar surface area (TPSA) is 69.7 Å². The molecule has 3 aromatic rings. The first kappa shape index (κ1) is 24.9. The molecule has 0 atom stereocenters. The molecule has 3 aromatic carbocycles. The molecule has 1 heterocycles. The highest BCUT2D eigenvalue weighted by molar-refractivity contribution is 7.89. The standard InChI is InChI=1S/C28H33N3O3S/c1-23-7-5-10-27(21-23)30-16-18-31(19-17-30)35(33,34)20-6-15-29-28(32)22-24-11-13-26(14-12-24)25-8-3-2-4-9-25/h2-5,7-14,21H,6,15-20,22H2,1H3,(H,29,32). The number of piperazine rings is 1. The third-order valence-electron chi connectivity index (χ3n) is 6.33. The molecular weight excluding hydrogens is 458 g/mol. The third kappa shape index (κ3) is 6.93. The van der Waals surface area contributed by atoms with Crippen LogP contribution < -0.4 is 10.2 Å². The largest absolute Gasteiger partial charge is 0.369 e. The quantitative estimate of drug-likeness (QED) is 0.462. The molecule has 184 valence electrons. The SMILES string of the molecule is Cc1cccc(N2CCN(S(=O)(=O)CCCNC(=O)Cc3ccc(-c4ccccc4)cc3)CC2)c1. The average molecular weight is 492 g/mol. The van der Waals surface area contributed by atoms with Gasteiger partial charge in [0.05, 0.1) is 12.2 Å². The molecule has 6 nitrogen and oxygen atoms in total. The molecule has 0 unspecified atom stereocenters. The minimum Gasteiger partial charge on any atom is -0.369 e. The Kier molecular flexibility index (Phi) is 8.21. The van der Waals surface area contributed by atoms with Crippen molar-refractivity contribution in [2.75, 3.05) is 43.4 Å². The van der Waals surface area contributed by atoms with E-state index < -0.39 is 10.0 Å². The molecule has 7 heteroatoms. The number of hydrogen-bond acceptors (Lipinski definition) is 4. The molecule has 1 aliphatic rings. The van der Waals surface area contributed by atoms with Crippen molar-refractivity contribution >= 4 is 21.6 Å². The van der Waals surface area contributed by atoms with Gasteiger partial charge in [0.1, 0.15) is 0 Å². The van der Waals surface area contributed by atoms with Crippen LogP contribution in [-0.2, 0) is 21.2 Å². The Bertz CT molecular complexity index is 1220. The second-order valence-corrected chi connectivity index (χ2v) is 11.1. The number of amides is 1. The maximum absolute atomic E-state index is 12.8. The van der Waals surface area contributed by atoms with Crippen molar-refractivity contribution in [3.8, 4) is 11.1 Å². The maximum Gasteiger partial charge on any atom is 0.224 e. The summed E-state index contributed by atoms with van der Waals surface area (Å²) in [5.74, 6) is -0.0506. The van der Waals surface area contributed by atoms with Gasteiger partial charge < -0.3 is 10.2 Å². The molecule has 0 saturated carbocycles. The molecule has 0 radical (unpaired) electrons. The van der Waals surface area contributed by atoms with Crippen LogP contribution in [0, 0.1) is 6.92 Å². The number of nitrogens with one attached hydrogen (secondary N) is 1. The lowest BCUT2D eigenvalue weighted by Gasteiger charge is -2.35. The maximum atomic E-state index is 12.8. The van der Waals surface area contributed by atoms with Gasteiger partial charge in [-0.25, -0.2) is 8.42 Å². The van der Waals surface area contributed by atoms with Crippen LogP contribution in [0.5, 0.6) is 0 Å². The second kappa shape index (κ2) is 11.5. The second-order valence-electron chi connectivity index (χ2n) is 8.98. The summed E-state index contributed by atoms with van der Waals surface area (Å²) in [4.78, 5) is 14.5. The molecule has 1 N–H and O–H groups in total. The summed E-state index contributed by atoms with van der Waals surface area (Å²) in [5.41, 5.74) is 5.52. The van der Waals surface area contributed by atoms with Crippen LogP contribution in [0.25, 0.3) is 11.1 Å². The summed E-state index contributed by atoms with van der Waals surface area (Å²) in [7, 11) is -3.33. The zero-order valence-corrected chi connectivity index (χ0v) is 21.0. The van der Waals surface area contributed by atoms with Gasteiger partial charge in [-0.05, 0) is 47.7 Å². The van der Waals surface area contributed by atoms with Gasteiger partial charge >= 0.3 is 0 Å². The Hall–Kier alpha value is -3.16. The van der Waals surface area contributed by atoms with Gasteiger partial charge in [0.25, 0.3) is 0 Å². The molecule has 1 aliphatic heterocycles. The first-order valence-electron chi connectivity index (χ1n) is 12.1. The summed E-state index contributed by atoms with van der Waals surface area (Å²) in [5, 5.41) is 2.86. The van der Waals surface area contributed by atoms with E-state index in [1.54, 1.807) is 4.31 Å². The zero-order valence-electron chi connectivity index (χ0n) is 20.2. The highest BCUT2D eigenvalue weighted by atomic mass is 32.2. The van der Waals surface area contributed by atoms with Crippen molar-refractivity contribution in [1.82, 2.24) is 9.62 Å². The van der Waals surface area contributed by atoms with Crippen molar-refractivity contribution in [1.29, 1.82) is 0 Å². The fraction of sp³-hybridized carbons (Fsp3) is 0.321.